The standard InChI is InChI=1S/C9H12O3S.C7H6O2.Na/c1-7(2)8-5-3-4-6-9(8)13(10,11)12;8-7(9)6-4-2-1-3-5-6;/h3-7H,1-2H3,(H,10,11,12);1-5H,(H,8,9);/q;;+1/p-1. The van der Waals surface area contributed by atoms with Crippen LogP contribution < -0.4 is 34.7 Å². The van der Waals surface area contributed by atoms with Crippen molar-refractivity contribution in [3.8, 4) is 0 Å². The van der Waals surface area contributed by atoms with Crippen LogP contribution in [0.1, 0.15) is 35.7 Å². The molecule has 118 valence electrons. The topological polar surface area (TPSA) is 94.5 Å². The van der Waals surface area contributed by atoms with Gasteiger partial charge in [0.15, 0.2) is 0 Å². The van der Waals surface area contributed by atoms with Gasteiger partial charge in [-0.25, -0.2) is 0 Å². The van der Waals surface area contributed by atoms with E-state index < -0.39 is 16.1 Å². The number of carboxylic acid groups (broad SMARTS) is 1. The summed E-state index contributed by atoms with van der Waals surface area (Å²) in [4.78, 5) is 10.1. The number of carbonyl (C=O) groups is 1. The van der Waals surface area contributed by atoms with Gasteiger partial charge in [0.2, 0.25) is 0 Å². The largest absolute Gasteiger partial charge is 1.00 e. The Kier molecular flexibility index (Phi) is 9.34. The fourth-order valence-electron chi connectivity index (χ4n) is 1.77. The minimum atomic E-state index is -4.08. The van der Waals surface area contributed by atoms with E-state index >= 15 is 0 Å². The van der Waals surface area contributed by atoms with E-state index in [0.29, 0.717) is 5.56 Å². The Balaban J connectivity index is 0.000000427. The second-order valence-electron chi connectivity index (χ2n) is 4.82. The van der Waals surface area contributed by atoms with Crippen molar-refractivity contribution in [1.82, 2.24) is 0 Å². The molecule has 0 aliphatic carbocycles. The molecular formula is C16H17NaO5S. The molecule has 2 aromatic carbocycles. The maximum Gasteiger partial charge on any atom is 1.00 e. The molecule has 0 aromatic heterocycles. The maximum atomic E-state index is 10.9. The van der Waals surface area contributed by atoms with E-state index in [-0.39, 0.29) is 45.9 Å². The molecule has 0 amide bonds. The Hall–Kier alpha value is -1.18. The summed E-state index contributed by atoms with van der Waals surface area (Å²) in [6.07, 6.45) is 0. The molecule has 1 N–H and O–H groups in total. The first kappa shape index (κ1) is 21.8. The van der Waals surface area contributed by atoms with E-state index in [1.807, 2.05) is 13.8 Å². The third-order valence-electron chi connectivity index (χ3n) is 2.83. The molecule has 0 aliphatic heterocycles. The maximum absolute atomic E-state index is 10.9. The molecule has 0 saturated heterocycles. The number of hydrogen-bond donors (Lipinski definition) is 1. The molecule has 2 rings (SSSR count). The second kappa shape index (κ2) is 9.85. The average molecular weight is 344 g/mol. The summed E-state index contributed by atoms with van der Waals surface area (Å²) in [5.74, 6) is -1.05. The molecule has 0 aliphatic rings. The van der Waals surface area contributed by atoms with Gasteiger partial charge >= 0.3 is 29.6 Å². The molecule has 0 heterocycles. The molecule has 0 bridgehead atoms. The van der Waals surface area contributed by atoms with Crippen LogP contribution >= 0.6 is 0 Å². The van der Waals surface area contributed by atoms with Gasteiger partial charge in [-0.15, -0.1) is 0 Å². The Morgan fingerprint density at radius 2 is 1.48 bits per heavy atom. The molecular weight excluding hydrogens is 327 g/mol. The van der Waals surface area contributed by atoms with Crippen LogP contribution in [0.5, 0.6) is 0 Å². The van der Waals surface area contributed by atoms with E-state index in [1.165, 1.54) is 18.2 Å². The SMILES string of the molecule is CC(C)c1ccccc1S(=O)(=O)O.O=C([O-])c1ccccc1.[Na+]. The number of benzene rings is 2. The third-order valence-corrected chi connectivity index (χ3v) is 3.76. The van der Waals surface area contributed by atoms with Crippen molar-refractivity contribution >= 4 is 16.1 Å². The van der Waals surface area contributed by atoms with Gasteiger partial charge in [0, 0.05) is 0 Å². The minimum Gasteiger partial charge on any atom is -0.545 e. The Morgan fingerprint density at radius 1 is 1.00 bits per heavy atom. The number of carboxylic acids is 1. The first-order chi connectivity index (χ1) is 10.2. The van der Waals surface area contributed by atoms with Crippen LogP contribution in [0.4, 0.5) is 0 Å². The summed E-state index contributed by atoms with van der Waals surface area (Å²) in [6.45, 7) is 3.76. The quantitative estimate of drug-likeness (QED) is 0.576. The van der Waals surface area contributed by atoms with Gasteiger partial charge in [0.1, 0.15) is 0 Å². The molecule has 0 unspecified atom stereocenters. The van der Waals surface area contributed by atoms with Crippen molar-refractivity contribution in [1.29, 1.82) is 0 Å². The Labute approximate surface area is 158 Å². The molecule has 0 spiro atoms. The fourth-order valence-corrected chi connectivity index (χ4v) is 2.62. The minimum absolute atomic E-state index is 0. The van der Waals surface area contributed by atoms with E-state index in [2.05, 4.69) is 0 Å². The summed E-state index contributed by atoms with van der Waals surface area (Å²) in [5.41, 5.74) is 0.863. The second-order valence-corrected chi connectivity index (χ2v) is 6.21. The van der Waals surface area contributed by atoms with E-state index in [9.17, 15) is 18.3 Å². The van der Waals surface area contributed by atoms with Gasteiger partial charge in [-0.2, -0.15) is 8.42 Å². The fraction of sp³-hybridized carbons (Fsp3) is 0.188. The summed E-state index contributed by atoms with van der Waals surface area (Å²) < 4.78 is 30.7. The first-order valence-corrected chi connectivity index (χ1v) is 8.00. The average Bonchev–Trinajstić information content (AvgIpc) is 2.48. The molecule has 7 heteroatoms. The van der Waals surface area contributed by atoms with Crippen molar-refractivity contribution in [3.05, 3.63) is 65.7 Å². The molecule has 0 radical (unpaired) electrons. The first-order valence-electron chi connectivity index (χ1n) is 6.56. The van der Waals surface area contributed by atoms with Gasteiger partial charge in [0.25, 0.3) is 10.1 Å². The van der Waals surface area contributed by atoms with Crippen molar-refractivity contribution in [2.75, 3.05) is 0 Å². The van der Waals surface area contributed by atoms with Crippen LogP contribution in [-0.2, 0) is 10.1 Å². The van der Waals surface area contributed by atoms with Gasteiger partial charge in [0.05, 0.1) is 10.9 Å². The number of hydrogen-bond acceptors (Lipinski definition) is 4. The predicted molar refractivity (Wildman–Crippen MR) is 81.1 cm³/mol. The molecule has 23 heavy (non-hydrogen) atoms. The zero-order valence-corrected chi connectivity index (χ0v) is 16.1. The smallest absolute Gasteiger partial charge is 0.545 e. The summed E-state index contributed by atoms with van der Waals surface area (Å²) in [5, 5.41) is 10.1. The van der Waals surface area contributed by atoms with E-state index in [4.69, 9.17) is 4.55 Å². The monoisotopic (exact) mass is 344 g/mol. The van der Waals surface area contributed by atoms with Crippen molar-refractivity contribution in [2.45, 2.75) is 24.7 Å². The third kappa shape index (κ3) is 7.28. The van der Waals surface area contributed by atoms with Crippen LogP contribution in [0, 0.1) is 0 Å². The van der Waals surface area contributed by atoms with Crippen LogP contribution in [0.15, 0.2) is 59.5 Å². The van der Waals surface area contributed by atoms with Gasteiger partial charge in [-0.1, -0.05) is 62.4 Å². The Bertz CT molecular complexity index is 727. The number of carbonyl (C=O) groups excluding carboxylic acids is 1. The normalized spacial score (nSPS) is 10.3. The molecule has 5 nitrogen and oxygen atoms in total. The van der Waals surface area contributed by atoms with Gasteiger partial charge in [-0.3, -0.25) is 4.55 Å². The van der Waals surface area contributed by atoms with Crippen molar-refractivity contribution in [2.24, 2.45) is 0 Å². The summed E-state index contributed by atoms with van der Waals surface area (Å²) in [7, 11) is -4.08. The van der Waals surface area contributed by atoms with Crippen molar-refractivity contribution < 1.29 is 52.4 Å². The molecule has 0 atom stereocenters. The summed E-state index contributed by atoms with van der Waals surface area (Å²) in [6, 6.07) is 14.5. The van der Waals surface area contributed by atoms with Gasteiger partial charge < -0.3 is 9.90 Å². The zero-order valence-electron chi connectivity index (χ0n) is 13.3. The predicted octanol–water partition coefficient (Wildman–Crippen LogP) is -0.889. The van der Waals surface area contributed by atoms with Crippen LogP contribution in [0.2, 0.25) is 0 Å². The van der Waals surface area contributed by atoms with Crippen LogP contribution in [0.25, 0.3) is 0 Å². The summed E-state index contributed by atoms with van der Waals surface area (Å²) >= 11 is 0. The van der Waals surface area contributed by atoms with E-state index in [0.717, 1.165) is 0 Å². The Morgan fingerprint density at radius 3 is 1.83 bits per heavy atom. The molecule has 0 fully saturated rings. The molecule has 0 saturated carbocycles. The van der Waals surface area contributed by atoms with Crippen LogP contribution in [-0.4, -0.2) is 18.9 Å². The van der Waals surface area contributed by atoms with Gasteiger partial charge in [-0.05, 0) is 23.1 Å². The van der Waals surface area contributed by atoms with E-state index in [1.54, 1.807) is 36.4 Å². The number of aromatic carboxylic acids is 1. The zero-order chi connectivity index (χ0) is 16.8. The molecule has 2 aromatic rings. The number of rotatable bonds is 3. The van der Waals surface area contributed by atoms with Crippen LogP contribution in [0.3, 0.4) is 0 Å². The van der Waals surface area contributed by atoms with Crippen molar-refractivity contribution in [3.63, 3.8) is 0 Å².